The van der Waals surface area contributed by atoms with Gasteiger partial charge in [0.1, 0.15) is 5.69 Å². The van der Waals surface area contributed by atoms with Crippen LogP contribution in [0, 0.1) is 0 Å². The van der Waals surface area contributed by atoms with E-state index in [1.807, 2.05) is 0 Å². The highest BCUT2D eigenvalue weighted by atomic mass is 15.3. The van der Waals surface area contributed by atoms with Gasteiger partial charge in [0, 0.05) is 0 Å². The predicted octanol–water partition coefficient (Wildman–Crippen LogP) is 4.57. The molecule has 0 radical (unpaired) electrons. The zero-order valence-electron chi connectivity index (χ0n) is 14.6. The molecule has 0 aliphatic carbocycles. The van der Waals surface area contributed by atoms with Gasteiger partial charge in [0.05, 0.1) is 25.3 Å². The van der Waals surface area contributed by atoms with E-state index in [9.17, 15) is 0 Å². The minimum absolute atomic E-state index is 1.03. The fraction of sp³-hybridized carbons (Fsp3) is 0.381. The standard InChI is InChI=1S/C21H27N3/c1-2-3-18-24(20-14-8-5-9-15-20)21(23-16-10-11-17-23)22-19-12-6-4-7-13-19/h4-9,12-15H,2-3,10-11,16-18H2,1H3/p+1. The van der Waals surface area contributed by atoms with Gasteiger partial charge in [-0.25, -0.2) is 10.2 Å². The normalized spacial score (nSPS) is 13.8. The van der Waals surface area contributed by atoms with Gasteiger partial charge in [-0.1, -0.05) is 49.7 Å². The first kappa shape index (κ1) is 16.6. The topological polar surface area (TPSA) is 18.3 Å². The molecule has 0 atom stereocenters. The molecule has 1 N–H and O–H groups in total. The Labute approximate surface area is 145 Å². The number of nitrogens with one attached hydrogen (secondary N) is 1. The second-order valence-electron chi connectivity index (χ2n) is 6.35. The van der Waals surface area contributed by atoms with Gasteiger partial charge in [-0.15, -0.1) is 0 Å². The lowest BCUT2D eigenvalue weighted by molar-refractivity contribution is -0.507. The van der Waals surface area contributed by atoms with E-state index in [1.165, 1.54) is 37.3 Å². The SMILES string of the molecule is CCCCN(C(Nc1ccccc1)=[N+]1CCCC1)c1ccccc1. The van der Waals surface area contributed by atoms with Crippen molar-refractivity contribution in [2.75, 3.05) is 29.9 Å². The number of rotatable bonds is 5. The molecule has 2 aromatic carbocycles. The van der Waals surface area contributed by atoms with Crippen LogP contribution in [0.15, 0.2) is 60.7 Å². The van der Waals surface area contributed by atoms with Gasteiger partial charge >= 0.3 is 5.96 Å². The van der Waals surface area contributed by atoms with Crippen molar-refractivity contribution in [2.45, 2.75) is 32.6 Å². The maximum absolute atomic E-state index is 3.70. The molecule has 24 heavy (non-hydrogen) atoms. The van der Waals surface area contributed by atoms with Crippen LogP contribution in [-0.4, -0.2) is 30.2 Å². The van der Waals surface area contributed by atoms with Crippen LogP contribution in [0.25, 0.3) is 0 Å². The van der Waals surface area contributed by atoms with Gasteiger partial charge in [-0.3, -0.25) is 4.58 Å². The van der Waals surface area contributed by atoms with Crippen LogP contribution in [0.1, 0.15) is 32.6 Å². The van der Waals surface area contributed by atoms with Crippen LogP contribution in [-0.2, 0) is 0 Å². The molecule has 0 amide bonds. The Bertz CT molecular complexity index is 641. The molecule has 1 saturated heterocycles. The molecule has 126 valence electrons. The summed E-state index contributed by atoms with van der Waals surface area (Å²) in [5.74, 6) is 1.22. The molecule has 1 aliphatic heterocycles. The minimum atomic E-state index is 1.03. The summed E-state index contributed by atoms with van der Waals surface area (Å²) in [7, 11) is 0. The highest BCUT2D eigenvalue weighted by molar-refractivity contribution is 6.02. The zero-order valence-corrected chi connectivity index (χ0v) is 14.6. The lowest BCUT2D eigenvalue weighted by Crippen LogP contribution is -2.43. The van der Waals surface area contributed by atoms with Crippen molar-refractivity contribution in [3.63, 3.8) is 0 Å². The predicted molar refractivity (Wildman–Crippen MR) is 103 cm³/mol. The van der Waals surface area contributed by atoms with Crippen LogP contribution in [0.4, 0.5) is 11.4 Å². The smallest absolute Gasteiger partial charge is 0.264 e. The van der Waals surface area contributed by atoms with Gasteiger partial charge in [0.2, 0.25) is 0 Å². The minimum Gasteiger partial charge on any atom is -0.264 e. The number of benzene rings is 2. The third kappa shape index (κ3) is 4.16. The van der Waals surface area contributed by atoms with Crippen molar-refractivity contribution in [1.82, 2.24) is 0 Å². The summed E-state index contributed by atoms with van der Waals surface area (Å²) in [6.07, 6.45) is 4.93. The molecule has 0 spiro atoms. The first-order valence-corrected chi connectivity index (χ1v) is 9.15. The average molecular weight is 322 g/mol. The highest BCUT2D eigenvalue weighted by Gasteiger charge is 2.26. The summed E-state index contributed by atoms with van der Waals surface area (Å²) >= 11 is 0. The van der Waals surface area contributed by atoms with Crippen LogP contribution >= 0.6 is 0 Å². The highest BCUT2D eigenvalue weighted by Crippen LogP contribution is 2.18. The van der Waals surface area contributed by atoms with Crippen LogP contribution < -0.4 is 10.2 Å². The lowest BCUT2D eigenvalue weighted by atomic mass is 10.2. The number of para-hydroxylation sites is 2. The van der Waals surface area contributed by atoms with Gasteiger partial charge in [-0.2, -0.15) is 0 Å². The van der Waals surface area contributed by atoms with Crippen molar-refractivity contribution in [1.29, 1.82) is 0 Å². The largest absolute Gasteiger partial charge is 0.358 e. The Morgan fingerprint density at radius 2 is 1.58 bits per heavy atom. The summed E-state index contributed by atoms with van der Waals surface area (Å²) in [5.41, 5.74) is 2.41. The quantitative estimate of drug-likeness (QED) is 0.642. The van der Waals surface area contributed by atoms with Gasteiger partial charge < -0.3 is 0 Å². The van der Waals surface area contributed by atoms with E-state index >= 15 is 0 Å². The molecule has 2 aromatic rings. The van der Waals surface area contributed by atoms with Gasteiger partial charge in [0.25, 0.3) is 0 Å². The first-order valence-electron chi connectivity index (χ1n) is 9.15. The molecule has 1 fully saturated rings. The maximum Gasteiger partial charge on any atom is 0.358 e. The van der Waals surface area contributed by atoms with Crippen molar-refractivity contribution >= 4 is 17.3 Å². The van der Waals surface area contributed by atoms with Crippen LogP contribution in [0.5, 0.6) is 0 Å². The molecule has 3 heteroatoms. The molecule has 0 saturated carbocycles. The summed E-state index contributed by atoms with van der Waals surface area (Å²) in [5, 5.41) is 3.70. The van der Waals surface area contributed by atoms with E-state index in [0.717, 1.165) is 25.3 Å². The summed E-state index contributed by atoms with van der Waals surface area (Å²) < 4.78 is 2.50. The molecule has 0 unspecified atom stereocenters. The van der Waals surface area contributed by atoms with Gasteiger partial charge in [-0.05, 0) is 43.5 Å². The Hall–Kier alpha value is -2.29. The van der Waals surface area contributed by atoms with E-state index in [1.54, 1.807) is 0 Å². The van der Waals surface area contributed by atoms with Crippen LogP contribution in [0.2, 0.25) is 0 Å². The summed E-state index contributed by atoms with van der Waals surface area (Å²) in [6, 6.07) is 21.3. The average Bonchev–Trinajstić information content (AvgIpc) is 3.17. The van der Waals surface area contributed by atoms with Crippen molar-refractivity contribution in [3.05, 3.63) is 60.7 Å². The van der Waals surface area contributed by atoms with Crippen LogP contribution in [0.3, 0.4) is 0 Å². The van der Waals surface area contributed by atoms with Crippen molar-refractivity contribution in [2.24, 2.45) is 0 Å². The maximum atomic E-state index is 3.70. The van der Waals surface area contributed by atoms with E-state index in [-0.39, 0.29) is 0 Å². The second-order valence-corrected chi connectivity index (χ2v) is 6.35. The molecular weight excluding hydrogens is 294 g/mol. The molecule has 1 heterocycles. The third-order valence-electron chi connectivity index (χ3n) is 4.49. The molecule has 0 aromatic heterocycles. The van der Waals surface area contributed by atoms with E-state index in [2.05, 4.69) is 82.4 Å². The van der Waals surface area contributed by atoms with E-state index in [4.69, 9.17) is 0 Å². The van der Waals surface area contributed by atoms with Crippen molar-refractivity contribution < 1.29 is 4.58 Å². The fourth-order valence-corrected chi connectivity index (χ4v) is 3.18. The first-order chi connectivity index (χ1) is 11.9. The second kappa shape index (κ2) is 8.53. The summed E-state index contributed by atoms with van der Waals surface area (Å²) in [4.78, 5) is 2.45. The molecule has 1 aliphatic rings. The molecule has 3 nitrogen and oxygen atoms in total. The third-order valence-corrected chi connectivity index (χ3v) is 4.49. The number of hydrogen-bond acceptors (Lipinski definition) is 0. The Morgan fingerprint density at radius 1 is 0.958 bits per heavy atom. The number of hydrogen-bond donors (Lipinski definition) is 1. The lowest BCUT2D eigenvalue weighted by Gasteiger charge is -2.22. The van der Waals surface area contributed by atoms with Crippen molar-refractivity contribution in [3.8, 4) is 0 Å². The number of anilines is 2. The molecule has 0 bridgehead atoms. The monoisotopic (exact) mass is 322 g/mol. The Morgan fingerprint density at radius 3 is 2.21 bits per heavy atom. The number of unbranched alkanes of at least 4 members (excludes halogenated alkanes) is 1. The van der Waals surface area contributed by atoms with Gasteiger partial charge in [0.15, 0.2) is 0 Å². The Kier molecular flexibility index (Phi) is 5.89. The summed E-state index contributed by atoms with van der Waals surface area (Å²) in [6.45, 7) is 5.55. The van der Waals surface area contributed by atoms with E-state index < -0.39 is 0 Å². The zero-order chi connectivity index (χ0) is 16.6. The molecular formula is C21H28N3+. The fourth-order valence-electron chi connectivity index (χ4n) is 3.18. The van der Waals surface area contributed by atoms with E-state index in [0.29, 0.717) is 0 Å². The molecule has 3 rings (SSSR count). The number of nitrogens with zero attached hydrogens (tertiary/aromatic N) is 2. The Balaban J connectivity index is 1.96. The number of guanidine groups is 1.